The van der Waals surface area contributed by atoms with Crippen molar-refractivity contribution in [2.75, 3.05) is 20.6 Å². The van der Waals surface area contributed by atoms with Crippen molar-refractivity contribution in [3.63, 3.8) is 0 Å². The largest absolute Gasteiger partial charge is 0.309 e. The molecule has 1 aliphatic rings. The summed E-state index contributed by atoms with van der Waals surface area (Å²) in [5.74, 6) is 0.703. The number of rotatable bonds is 3. The summed E-state index contributed by atoms with van der Waals surface area (Å²) in [6.45, 7) is 0.816. The van der Waals surface area contributed by atoms with Crippen LogP contribution in [0.4, 0.5) is 4.39 Å². The van der Waals surface area contributed by atoms with Crippen LogP contribution in [0.5, 0.6) is 0 Å². The van der Waals surface area contributed by atoms with Crippen molar-refractivity contribution in [3.8, 4) is 0 Å². The molecule has 2 rings (SSSR count). The first-order chi connectivity index (χ1) is 8.56. The van der Waals surface area contributed by atoms with Crippen LogP contribution in [0.1, 0.15) is 30.7 Å². The fourth-order valence-corrected chi connectivity index (χ4v) is 2.77. The summed E-state index contributed by atoms with van der Waals surface area (Å²) >= 11 is 0. The number of benzene rings is 1. The van der Waals surface area contributed by atoms with Gasteiger partial charge in [0.1, 0.15) is 11.6 Å². The molecule has 1 fully saturated rings. The monoisotopic (exact) mass is 249 g/mol. The third-order valence-corrected chi connectivity index (χ3v) is 3.69. The topological polar surface area (TPSA) is 20.3 Å². The van der Waals surface area contributed by atoms with Crippen LogP contribution in [-0.2, 0) is 4.79 Å². The van der Waals surface area contributed by atoms with Crippen LogP contribution in [0.25, 0.3) is 0 Å². The number of carbonyl (C=O) groups excluding carboxylic acids is 1. The van der Waals surface area contributed by atoms with E-state index in [2.05, 4.69) is 4.90 Å². The normalized spacial score (nSPS) is 24.6. The summed E-state index contributed by atoms with van der Waals surface area (Å²) < 4.78 is 12.9. The van der Waals surface area contributed by atoms with Gasteiger partial charge < -0.3 is 4.90 Å². The number of Topliss-reactive ketones (excluding diaryl/α,β-unsaturated/α-hetero) is 1. The van der Waals surface area contributed by atoms with Crippen LogP contribution in [0, 0.1) is 11.7 Å². The zero-order chi connectivity index (χ0) is 13.1. The van der Waals surface area contributed by atoms with Gasteiger partial charge in [0.15, 0.2) is 0 Å². The predicted octanol–water partition coefficient (Wildman–Crippen LogP) is 2.84. The molecule has 0 aromatic heterocycles. The number of nitrogens with zero attached hydrogens (tertiary/aromatic N) is 1. The Bertz CT molecular complexity index is 413. The number of carbonyl (C=O) groups is 1. The number of ketones is 1. The number of hydrogen-bond donors (Lipinski definition) is 0. The maximum absolute atomic E-state index is 12.9. The summed E-state index contributed by atoms with van der Waals surface area (Å²) in [6, 6.07) is 6.71. The molecule has 18 heavy (non-hydrogen) atoms. The van der Waals surface area contributed by atoms with Crippen LogP contribution >= 0.6 is 0 Å². The highest BCUT2D eigenvalue weighted by Gasteiger charge is 2.29. The van der Waals surface area contributed by atoms with Crippen molar-refractivity contribution in [3.05, 3.63) is 35.6 Å². The van der Waals surface area contributed by atoms with E-state index in [1.165, 1.54) is 12.1 Å². The van der Waals surface area contributed by atoms with Crippen LogP contribution in [0.2, 0.25) is 0 Å². The lowest BCUT2D eigenvalue weighted by Crippen LogP contribution is -2.32. The van der Waals surface area contributed by atoms with Gasteiger partial charge in [-0.3, -0.25) is 4.79 Å². The predicted molar refractivity (Wildman–Crippen MR) is 70.0 cm³/mol. The SMILES string of the molecule is CN(C)CC1CC(c2ccc(F)cc2)CCC1=O. The first kappa shape index (κ1) is 13.2. The maximum atomic E-state index is 12.9. The van der Waals surface area contributed by atoms with Gasteiger partial charge in [0.25, 0.3) is 0 Å². The van der Waals surface area contributed by atoms with Crippen molar-refractivity contribution >= 4 is 5.78 Å². The van der Waals surface area contributed by atoms with Gasteiger partial charge in [0, 0.05) is 18.9 Å². The van der Waals surface area contributed by atoms with Gasteiger partial charge in [-0.2, -0.15) is 0 Å². The molecule has 0 N–H and O–H groups in total. The third kappa shape index (κ3) is 3.16. The standard InChI is InChI=1S/C15H20FNO/c1-17(2)10-13-9-12(5-8-15(13)18)11-3-6-14(16)7-4-11/h3-4,6-7,12-13H,5,8-10H2,1-2H3. The molecule has 2 atom stereocenters. The first-order valence-electron chi connectivity index (χ1n) is 6.49. The van der Waals surface area contributed by atoms with Gasteiger partial charge >= 0.3 is 0 Å². The Kier molecular flexibility index (Phi) is 4.12. The van der Waals surface area contributed by atoms with E-state index < -0.39 is 0 Å². The second kappa shape index (κ2) is 5.61. The van der Waals surface area contributed by atoms with Crippen molar-refractivity contribution in [1.82, 2.24) is 4.90 Å². The smallest absolute Gasteiger partial charge is 0.137 e. The Morgan fingerprint density at radius 1 is 1.28 bits per heavy atom. The Morgan fingerprint density at radius 3 is 2.56 bits per heavy atom. The van der Waals surface area contributed by atoms with Gasteiger partial charge in [-0.25, -0.2) is 4.39 Å². The van der Waals surface area contributed by atoms with Crippen LogP contribution < -0.4 is 0 Å². The molecule has 0 radical (unpaired) electrons. The average molecular weight is 249 g/mol. The van der Waals surface area contributed by atoms with Crippen LogP contribution in [-0.4, -0.2) is 31.3 Å². The van der Waals surface area contributed by atoms with E-state index in [0.717, 1.165) is 24.9 Å². The van der Waals surface area contributed by atoms with E-state index in [0.29, 0.717) is 18.1 Å². The molecule has 98 valence electrons. The fraction of sp³-hybridized carbons (Fsp3) is 0.533. The summed E-state index contributed by atoms with van der Waals surface area (Å²) in [4.78, 5) is 13.9. The second-order valence-corrected chi connectivity index (χ2v) is 5.45. The lowest BCUT2D eigenvalue weighted by molar-refractivity contribution is -0.125. The number of hydrogen-bond acceptors (Lipinski definition) is 2. The Labute approximate surface area is 108 Å². The minimum absolute atomic E-state index is 0.129. The lowest BCUT2D eigenvalue weighted by atomic mass is 9.77. The molecule has 3 heteroatoms. The molecule has 2 unspecified atom stereocenters. The van der Waals surface area contributed by atoms with Crippen molar-refractivity contribution in [2.45, 2.75) is 25.2 Å². The summed E-state index contributed by atoms with van der Waals surface area (Å²) in [6.07, 6.45) is 2.44. The molecule has 1 aromatic rings. The van der Waals surface area contributed by atoms with E-state index in [9.17, 15) is 9.18 Å². The highest BCUT2D eigenvalue weighted by molar-refractivity contribution is 5.82. The van der Waals surface area contributed by atoms with Crippen LogP contribution in [0.15, 0.2) is 24.3 Å². The van der Waals surface area contributed by atoms with Gasteiger partial charge in [-0.05, 0) is 50.6 Å². The molecule has 1 aromatic carbocycles. The fourth-order valence-electron chi connectivity index (χ4n) is 2.77. The van der Waals surface area contributed by atoms with Gasteiger partial charge in [-0.15, -0.1) is 0 Å². The lowest BCUT2D eigenvalue weighted by Gasteiger charge is -2.30. The quantitative estimate of drug-likeness (QED) is 0.821. The number of halogens is 1. The molecule has 0 saturated heterocycles. The molecule has 1 aliphatic carbocycles. The molecule has 0 amide bonds. The molecule has 0 aliphatic heterocycles. The van der Waals surface area contributed by atoms with E-state index in [4.69, 9.17) is 0 Å². The summed E-state index contributed by atoms with van der Waals surface area (Å²) in [5, 5.41) is 0. The molecular formula is C15H20FNO. The Balaban J connectivity index is 2.06. The zero-order valence-corrected chi connectivity index (χ0v) is 11.0. The van der Waals surface area contributed by atoms with Crippen molar-refractivity contribution in [1.29, 1.82) is 0 Å². The van der Waals surface area contributed by atoms with E-state index >= 15 is 0 Å². The summed E-state index contributed by atoms with van der Waals surface area (Å²) in [5.41, 5.74) is 1.16. The molecule has 2 nitrogen and oxygen atoms in total. The highest BCUT2D eigenvalue weighted by Crippen LogP contribution is 2.34. The van der Waals surface area contributed by atoms with Gasteiger partial charge in [0.2, 0.25) is 0 Å². The molecule has 0 heterocycles. The van der Waals surface area contributed by atoms with Crippen molar-refractivity contribution in [2.24, 2.45) is 5.92 Å². The summed E-state index contributed by atoms with van der Waals surface area (Å²) in [7, 11) is 3.99. The van der Waals surface area contributed by atoms with E-state index in [1.54, 1.807) is 0 Å². The van der Waals surface area contributed by atoms with Crippen molar-refractivity contribution < 1.29 is 9.18 Å². The molecule has 1 saturated carbocycles. The Hall–Kier alpha value is -1.22. The molecular weight excluding hydrogens is 229 g/mol. The zero-order valence-electron chi connectivity index (χ0n) is 11.0. The minimum Gasteiger partial charge on any atom is -0.309 e. The highest BCUT2D eigenvalue weighted by atomic mass is 19.1. The maximum Gasteiger partial charge on any atom is 0.137 e. The third-order valence-electron chi connectivity index (χ3n) is 3.69. The minimum atomic E-state index is -0.199. The molecule has 0 bridgehead atoms. The van der Waals surface area contributed by atoms with Gasteiger partial charge in [-0.1, -0.05) is 12.1 Å². The molecule has 0 spiro atoms. The Morgan fingerprint density at radius 2 is 1.94 bits per heavy atom. The van der Waals surface area contributed by atoms with E-state index in [-0.39, 0.29) is 11.7 Å². The van der Waals surface area contributed by atoms with Gasteiger partial charge in [0.05, 0.1) is 0 Å². The first-order valence-corrected chi connectivity index (χ1v) is 6.49. The van der Waals surface area contributed by atoms with E-state index in [1.807, 2.05) is 26.2 Å². The van der Waals surface area contributed by atoms with Crippen LogP contribution in [0.3, 0.4) is 0 Å². The second-order valence-electron chi connectivity index (χ2n) is 5.45. The average Bonchev–Trinajstić information content (AvgIpc) is 2.32.